The first kappa shape index (κ1) is 13.4. The number of nitrogens with one attached hydrogen (secondary N) is 1. The summed E-state index contributed by atoms with van der Waals surface area (Å²) < 4.78 is 3.15. The van der Waals surface area contributed by atoms with E-state index in [2.05, 4.69) is 9.71 Å². The third kappa shape index (κ3) is 2.79. The van der Waals surface area contributed by atoms with E-state index in [9.17, 15) is 9.90 Å². The van der Waals surface area contributed by atoms with Gasteiger partial charge >= 0.3 is 0 Å². The van der Waals surface area contributed by atoms with Gasteiger partial charge in [-0.05, 0) is 36.2 Å². The van der Waals surface area contributed by atoms with E-state index in [0.29, 0.717) is 13.0 Å². The number of aromatic nitrogens is 1. The molecule has 0 aliphatic carbocycles. The van der Waals surface area contributed by atoms with Gasteiger partial charge in [-0.2, -0.15) is 0 Å². The van der Waals surface area contributed by atoms with Crippen LogP contribution in [0.2, 0.25) is 0 Å². The molecule has 2 N–H and O–H groups in total. The van der Waals surface area contributed by atoms with E-state index in [1.165, 1.54) is 11.9 Å². The molecule has 1 aliphatic heterocycles. The average molecular weight is 307 g/mol. The van der Waals surface area contributed by atoms with Crippen LogP contribution in [0.5, 0.6) is 0 Å². The molecular formula is C13H13N3O2S2. The summed E-state index contributed by atoms with van der Waals surface area (Å²) in [6.07, 6.45) is 1.40. The van der Waals surface area contributed by atoms with Gasteiger partial charge < -0.3 is 14.7 Å². The Balaban J connectivity index is 1.64. The Morgan fingerprint density at radius 3 is 2.80 bits per heavy atom. The maximum Gasteiger partial charge on any atom is 0.255 e. The zero-order chi connectivity index (χ0) is 13.9. The van der Waals surface area contributed by atoms with Crippen molar-refractivity contribution in [1.29, 1.82) is 0 Å². The highest BCUT2D eigenvalue weighted by molar-refractivity contribution is 8.00. The van der Waals surface area contributed by atoms with E-state index in [1.807, 2.05) is 29.6 Å². The zero-order valence-electron chi connectivity index (χ0n) is 10.5. The SMILES string of the molecule is O=C1[C@H](O)CCN1c1ccc(SNc2nccs2)cc1. The van der Waals surface area contributed by atoms with Crippen LogP contribution >= 0.6 is 23.3 Å². The summed E-state index contributed by atoms with van der Waals surface area (Å²) in [7, 11) is 0. The van der Waals surface area contributed by atoms with Crippen LogP contribution in [0.1, 0.15) is 6.42 Å². The lowest BCUT2D eigenvalue weighted by molar-refractivity contribution is -0.123. The predicted octanol–water partition coefficient (Wildman–Crippen LogP) is 2.36. The van der Waals surface area contributed by atoms with Crippen LogP contribution in [0.3, 0.4) is 0 Å². The number of nitrogens with zero attached hydrogens (tertiary/aromatic N) is 2. The molecule has 2 heterocycles. The molecule has 1 amide bonds. The summed E-state index contributed by atoms with van der Waals surface area (Å²) >= 11 is 3.02. The zero-order valence-corrected chi connectivity index (χ0v) is 12.2. The molecule has 3 rings (SSSR count). The number of thiazole rings is 1. The fourth-order valence-electron chi connectivity index (χ4n) is 1.99. The van der Waals surface area contributed by atoms with Crippen molar-refractivity contribution in [2.24, 2.45) is 0 Å². The first-order valence-corrected chi connectivity index (χ1v) is 7.85. The topological polar surface area (TPSA) is 65.5 Å². The fraction of sp³-hybridized carbons (Fsp3) is 0.231. The van der Waals surface area contributed by atoms with Crippen molar-refractivity contribution in [3.63, 3.8) is 0 Å². The van der Waals surface area contributed by atoms with Crippen LogP contribution < -0.4 is 9.62 Å². The summed E-state index contributed by atoms with van der Waals surface area (Å²) in [6, 6.07) is 7.67. The van der Waals surface area contributed by atoms with Gasteiger partial charge in [-0.1, -0.05) is 0 Å². The van der Waals surface area contributed by atoms with Crippen LogP contribution in [0.25, 0.3) is 0 Å². The number of hydrogen-bond acceptors (Lipinski definition) is 6. The number of amides is 1. The van der Waals surface area contributed by atoms with Crippen molar-refractivity contribution in [2.45, 2.75) is 17.4 Å². The molecule has 1 aliphatic rings. The number of hydrogen-bond donors (Lipinski definition) is 2. The van der Waals surface area contributed by atoms with Crippen molar-refractivity contribution in [3.05, 3.63) is 35.8 Å². The lowest BCUT2D eigenvalue weighted by Crippen LogP contribution is -2.28. The lowest BCUT2D eigenvalue weighted by atomic mass is 10.3. The Hall–Kier alpha value is -1.57. The highest BCUT2D eigenvalue weighted by Crippen LogP contribution is 2.26. The van der Waals surface area contributed by atoms with Gasteiger partial charge in [0.1, 0.15) is 6.10 Å². The van der Waals surface area contributed by atoms with Crippen LogP contribution in [0, 0.1) is 0 Å². The van der Waals surface area contributed by atoms with Crippen molar-refractivity contribution in [3.8, 4) is 0 Å². The second kappa shape index (κ2) is 5.82. The molecule has 7 heteroatoms. The molecule has 0 radical (unpaired) electrons. The van der Waals surface area contributed by atoms with Gasteiger partial charge in [0.25, 0.3) is 5.91 Å². The molecule has 104 valence electrons. The summed E-state index contributed by atoms with van der Waals surface area (Å²) in [5.74, 6) is -0.216. The molecule has 0 saturated carbocycles. The van der Waals surface area contributed by atoms with Gasteiger partial charge in [0, 0.05) is 35.1 Å². The first-order chi connectivity index (χ1) is 9.74. The Labute approximate surface area is 124 Å². The van der Waals surface area contributed by atoms with Crippen molar-refractivity contribution < 1.29 is 9.90 Å². The van der Waals surface area contributed by atoms with Gasteiger partial charge in [-0.3, -0.25) is 4.79 Å². The molecule has 1 aromatic heterocycles. The Morgan fingerprint density at radius 1 is 1.40 bits per heavy atom. The molecule has 1 aromatic carbocycles. The summed E-state index contributed by atoms with van der Waals surface area (Å²) in [5, 5.41) is 12.2. The number of anilines is 2. The normalized spacial score (nSPS) is 18.6. The maximum atomic E-state index is 11.7. The van der Waals surface area contributed by atoms with E-state index in [-0.39, 0.29) is 5.91 Å². The minimum atomic E-state index is -0.851. The standard InChI is InChI=1S/C13H13N3O2S2/c17-11-5-7-16(12(11)18)9-1-3-10(4-2-9)20-15-13-14-6-8-19-13/h1-4,6,8,11,17H,5,7H2,(H,14,15)/t11-/m1/s1. The van der Waals surface area contributed by atoms with Gasteiger partial charge in [-0.15, -0.1) is 11.3 Å². The third-order valence-electron chi connectivity index (χ3n) is 3.01. The number of aliphatic hydroxyl groups excluding tert-OH is 1. The minimum Gasteiger partial charge on any atom is -0.383 e. The summed E-state index contributed by atoms with van der Waals surface area (Å²) in [4.78, 5) is 18.5. The minimum absolute atomic E-state index is 0.216. The van der Waals surface area contributed by atoms with Gasteiger partial charge in [-0.25, -0.2) is 4.98 Å². The Bertz CT molecular complexity index is 586. The second-order valence-electron chi connectivity index (χ2n) is 4.33. The summed E-state index contributed by atoms with van der Waals surface area (Å²) in [5.41, 5.74) is 0.824. The molecule has 0 unspecified atom stereocenters. The molecule has 0 spiro atoms. The van der Waals surface area contributed by atoms with Crippen molar-refractivity contribution in [1.82, 2.24) is 4.98 Å². The van der Waals surface area contributed by atoms with E-state index in [0.717, 1.165) is 15.7 Å². The van der Waals surface area contributed by atoms with Gasteiger partial charge in [0.15, 0.2) is 5.13 Å². The number of carbonyl (C=O) groups excluding carboxylic acids is 1. The summed E-state index contributed by atoms with van der Waals surface area (Å²) in [6.45, 7) is 0.573. The molecule has 1 saturated heterocycles. The van der Waals surface area contributed by atoms with Crippen molar-refractivity contribution >= 4 is 40.0 Å². The largest absolute Gasteiger partial charge is 0.383 e. The van der Waals surface area contributed by atoms with E-state index >= 15 is 0 Å². The molecular weight excluding hydrogens is 294 g/mol. The number of rotatable bonds is 4. The van der Waals surface area contributed by atoms with Crippen LogP contribution in [-0.2, 0) is 4.79 Å². The number of aliphatic hydroxyl groups is 1. The lowest BCUT2D eigenvalue weighted by Gasteiger charge is -2.16. The first-order valence-electron chi connectivity index (χ1n) is 6.16. The van der Waals surface area contributed by atoms with Gasteiger partial charge in [0.05, 0.1) is 0 Å². The fourth-order valence-corrected chi connectivity index (χ4v) is 3.21. The van der Waals surface area contributed by atoms with Crippen LogP contribution in [-0.4, -0.2) is 28.6 Å². The van der Waals surface area contributed by atoms with E-state index in [1.54, 1.807) is 22.4 Å². The smallest absolute Gasteiger partial charge is 0.255 e. The van der Waals surface area contributed by atoms with Crippen molar-refractivity contribution in [2.75, 3.05) is 16.2 Å². The van der Waals surface area contributed by atoms with E-state index < -0.39 is 6.10 Å². The maximum absolute atomic E-state index is 11.7. The Kier molecular flexibility index (Phi) is 3.90. The monoisotopic (exact) mass is 307 g/mol. The third-order valence-corrected chi connectivity index (χ3v) is 4.64. The molecule has 1 atom stereocenters. The average Bonchev–Trinajstić information content (AvgIpc) is 3.09. The number of benzene rings is 1. The molecule has 0 bridgehead atoms. The molecule has 20 heavy (non-hydrogen) atoms. The Morgan fingerprint density at radius 2 is 2.20 bits per heavy atom. The highest BCUT2D eigenvalue weighted by Gasteiger charge is 2.30. The van der Waals surface area contributed by atoms with Crippen LogP contribution in [0.15, 0.2) is 40.7 Å². The molecule has 2 aromatic rings. The molecule has 1 fully saturated rings. The predicted molar refractivity (Wildman–Crippen MR) is 81.0 cm³/mol. The van der Waals surface area contributed by atoms with Crippen LogP contribution in [0.4, 0.5) is 10.8 Å². The van der Waals surface area contributed by atoms with Gasteiger partial charge in [0.2, 0.25) is 0 Å². The highest BCUT2D eigenvalue weighted by atomic mass is 32.2. The quantitative estimate of drug-likeness (QED) is 0.849. The number of carbonyl (C=O) groups is 1. The second-order valence-corrected chi connectivity index (χ2v) is 6.10. The molecule has 5 nitrogen and oxygen atoms in total. The van der Waals surface area contributed by atoms with E-state index in [4.69, 9.17) is 0 Å².